The van der Waals surface area contributed by atoms with Crippen LogP contribution in [0.2, 0.25) is 0 Å². The Labute approximate surface area is 132 Å². The lowest BCUT2D eigenvalue weighted by Gasteiger charge is -2.19. The first-order valence-electron chi connectivity index (χ1n) is 6.10. The van der Waals surface area contributed by atoms with Crippen molar-refractivity contribution in [3.05, 3.63) is 22.2 Å². The van der Waals surface area contributed by atoms with Crippen LogP contribution in [-0.2, 0) is 11.4 Å². The summed E-state index contributed by atoms with van der Waals surface area (Å²) in [5.74, 6) is 1.31. The lowest BCUT2D eigenvalue weighted by molar-refractivity contribution is 0.392. The number of benzene rings is 1. The summed E-state index contributed by atoms with van der Waals surface area (Å²) in [7, 11) is 3.18. The Hall–Kier alpha value is -0.720. The fraction of sp³-hybridized carbons (Fsp3) is 0.500. The molecule has 6 heteroatoms. The Morgan fingerprint density at radius 1 is 1.20 bits per heavy atom. The van der Waals surface area contributed by atoms with Crippen LogP contribution in [0.15, 0.2) is 21.0 Å². The van der Waals surface area contributed by atoms with Crippen molar-refractivity contribution in [2.75, 3.05) is 14.2 Å². The zero-order valence-electron chi connectivity index (χ0n) is 12.6. The number of rotatable bonds is 4. The van der Waals surface area contributed by atoms with Crippen molar-refractivity contribution in [1.29, 1.82) is 0 Å². The van der Waals surface area contributed by atoms with Crippen molar-refractivity contribution < 1.29 is 14.0 Å². The third kappa shape index (κ3) is 4.14. The predicted molar refractivity (Wildman–Crippen MR) is 87.4 cm³/mol. The molecule has 0 aliphatic heterocycles. The van der Waals surface area contributed by atoms with Gasteiger partial charge in [-0.2, -0.15) is 0 Å². The van der Waals surface area contributed by atoms with Crippen LogP contribution in [0, 0.1) is 0 Å². The molecular formula is C14H20BrNO3S. The molecule has 0 amide bonds. The van der Waals surface area contributed by atoms with E-state index in [1.807, 2.05) is 33.8 Å². The van der Waals surface area contributed by atoms with E-state index in [1.165, 1.54) is 0 Å². The van der Waals surface area contributed by atoms with Gasteiger partial charge >= 0.3 is 0 Å². The van der Waals surface area contributed by atoms with E-state index in [1.54, 1.807) is 20.3 Å². The standard InChI is InChI=1S/C14H20BrNO3S/c1-9(16-20(17)14(2,3)4)10-7-11(15)13(19-6)8-12(10)18-5/h7-8H,1-6H3/b16-9+/t20-/m0/s1. The molecule has 0 aromatic heterocycles. The van der Waals surface area contributed by atoms with Crippen LogP contribution in [0.5, 0.6) is 11.5 Å². The summed E-state index contributed by atoms with van der Waals surface area (Å²) in [4.78, 5) is 0. The van der Waals surface area contributed by atoms with Crippen LogP contribution < -0.4 is 9.47 Å². The number of ether oxygens (including phenoxy) is 2. The maximum absolute atomic E-state index is 12.1. The third-order valence-corrected chi connectivity index (χ3v) is 4.71. The van der Waals surface area contributed by atoms with Gasteiger partial charge in [0.15, 0.2) is 0 Å². The van der Waals surface area contributed by atoms with E-state index in [0.717, 1.165) is 10.0 Å². The summed E-state index contributed by atoms with van der Waals surface area (Å²) in [5.41, 5.74) is 1.45. The lowest BCUT2D eigenvalue weighted by atomic mass is 10.1. The Morgan fingerprint density at radius 2 is 1.75 bits per heavy atom. The van der Waals surface area contributed by atoms with Crippen molar-refractivity contribution in [2.24, 2.45) is 4.40 Å². The smallest absolute Gasteiger partial charge is 0.144 e. The van der Waals surface area contributed by atoms with E-state index in [9.17, 15) is 4.55 Å². The van der Waals surface area contributed by atoms with Crippen molar-refractivity contribution in [2.45, 2.75) is 32.4 Å². The maximum atomic E-state index is 12.1. The maximum Gasteiger partial charge on any atom is 0.144 e. The van der Waals surface area contributed by atoms with Gasteiger partial charge in [0.1, 0.15) is 27.6 Å². The first-order valence-corrected chi connectivity index (χ1v) is 8.00. The highest BCUT2D eigenvalue weighted by molar-refractivity contribution is 9.10. The molecule has 0 bridgehead atoms. The van der Waals surface area contributed by atoms with Gasteiger partial charge < -0.3 is 14.0 Å². The van der Waals surface area contributed by atoms with Gasteiger partial charge in [-0.3, -0.25) is 0 Å². The van der Waals surface area contributed by atoms with Gasteiger partial charge in [-0.25, -0.2) is 0 Å². The molecule has 1 atom stereocenters. The van der Waals surface area contributed by atoms with Crippen molar-refractivity contribution >= 4 is 33.0 Å². The van der Waals surface area contributed by atoms with E-state index < -0.39 is 16.1 Å². The van der Waals surface area contributed by atoms with Gasteiger partial charge in [0.05, 0.1) is 24.4 Å². The molecule has 0 aliphatic rings. The Balaban J connectivity index is 3.25. The number of hydrogen-bond donors (Lipinski definition) is 0. The molecule has 1 aromatic rings. The quantitative estimate of drug-likeness (QED) is 0.606. The molecule has 0 radical (unpaired) electrons. The molecule has 1 aromatic carbocycles. The van der Waals surface area contributed by atoms with E-state index in [2.05, 4.69) is 20.3 Å². The summed E-state index contributed by atoms with van der Waals surface area (Å²) in [6.45, 7) is 7.49. The normalized spacial score (nSPS) is 14.1. The minimum Gasteiger partial charge on any atom is -0.591 e. The molecule has 20 heavy (non-hydrogen) atoms. The largest absolute Gasteiger partial charge is 0.591 e. The molecule has 4 nitrogen and oxygen atoms in total. The summed E-state index contributed by atoms with van der Waals surface area (Å²) in [6, 6.07) is 3.63. The summed E-state index contributed by atoms with van der Waals surface area (Å²) in [6.07, 6.45) is 0. The average Bonchev–Trinajstić information content (AvgIpc) is 2.37. The van der Waals surface area contributed by atoms with Gasteiger partial charge in [-0.15, -0.1) is 0 Å². The van der Waals surface area contributed by atoms with Crippen LogP contribution in [-0.4, -0.2) is 29.2 Å². The van der Waals surface area contributed by atoms with Crippen LogP contribution in [0.3, 0.4) is 0 Å². The van der Waals surface area contributed by atoms with Crippen LogP contribution in [0.1, 0.15) is 33.3 Å². The topological polar surface area (TPSA) is 53.9 Å². The zero-order valence-corrected chi connectivity index (χ0v) is 15.0. The van der Waals surface area contributed by atoms with E-state index >= 15 is 0 Å². The van der Waals surface area contributed by atoms with Crippen molar-refractivity contribution in [3.8, 4) is 11.5 Å². The molecule has 0 saturated carbocycles. The predicted octanol–water partition coefficient (Wildman–Crippen LogP) is 3.74. The highest BCUT2D eigenvalue weighted by atomic mass is 79.9. The molecule has 0 saturated heterocycles. The minimum atomic E-state index is -1.31. The Kier molecular flexibility index (Phi) is 5.91. The van der Waals surface area contributed by atoms with Gasteiger partial charge in [0, 0.05) is 11.6 Å². The van der Waals surface area contributed by atoms with Crippen molar-refractivity contribution in [1.82, 2.24) is 0 Å². The fourth-order valence-corrected chi connectivity index (χ4v) is 2.58. The second-order valence-electron chi connectivity index (χ2n) is 5.23. The summed E-state index contributed by atoms with van der Waals surface area (Å²) in [5, 5.41) is 0. The minimum absolute atomic E-state index is 0.391. The average molecular weight is 362 g/mol. The number of hydrogen-bond acceptors (Lipinski definition) is 4. The molecular weight excluding hydrogens is 342 g/mol. The lowest BCUT2D eigenvalue weighted by Crippen LogP contribution is -2.26. The first-order chi connectivity index (χ1) is 9.20. The van der Waals surface area contributed by atoms with Crippen LogP contribution >= 0.6 is 15.9 Å². The Bertz CT molecular complexity index is 512. The van der Waals surface area contributed by atoms with Crippen LogP contribution in [0.25, 0.3) is 0 Å². The van der Waals surface area contributed by atoms with Gasteiger partial charge in [-0.05, 0) is 49.7 Å². The van der Waals surface area contributed by atoms with Crippen LogP contribution in [0.4, 0.5) is 0 Å². The highest BCUT2D eigenvalue weighted by Crippen LogP contribution is 2.33. The highest BCUT2D eigenvalue weighted by Gasteiger charge is 2.27. The molecule has 0 aliphatic carbocycles. The Morgan fingerprint density at radius 3 is 2.20 bits per heavy atom. The molecule has 0 unspecified atom stereocenters. The molecule has 1 rings (SSSR count). The second kappa shape index (κ2) is 6.83. The van der Waals surface area contributed by atoms with Gasteiger partial charge in [0.2, 0.25) is 0 Å². The molecule has 0 spiro atoms. The van der Waals surface area contributed by atoms with E-state index in [0.29, 0.717) is 17.2 Å². The van der Waals surface area contributed by atoms with Crippen molar-refractivity contribution in [3.63, 3.8) is 0 Å². The molecule has 112 valence electrons. The SMILES string of the molecule is COc1cc(OC)c(/C(C)=N/[S@@+]([O-])C(C)(C)C)cc1Br. The number of methoxy groups -OCH3 is 2. The molecule has 0 N–H and O–H groups in total. The van der Waals surface area contributed by atoms with E-state index in [4.69, 9.17) is 9.47 Å². The fourth-order valence-electron chi connectivity index (χ4n) is 1.45. The zero-order chi connectivity index (χ0) is 15.5. The van der Waals surface area contributed by atoms with Gasteiger partial charge in [-0.1, -0.05) is 4.40 Å². The number of nitrogens with zero attached hydrogens (tertiary/aromatic N) is 1. The monoisotopic (exact) mass is 361 g/mol. The second-order valence-corrected chi connectivity index (χ2v) is 7.99. The third-order valence-electron chi connectivity index (χ3n) is 2.61. The van der Waals surface area contributed by atoms with Gasteiger partial charge in [0.25, 0.3) is 0 Å². The first kappa shape index (κ1) is 17.3. The summed E-state index contributed by atoms with van der Waals surface area (Å²) >= 11 is 2.13. The molecule has 0 heterocycles. The number of halogens is 1. The molecule has 0 fully saturated rings. The van der Waals surface area contributed by atoms with E-state index in [-0.39, 0.29) is 0 Å². The summed E-state index contributed by atoms with van der Waals surface area (Å²) < 4.78 is 27.4.